The second kappa shape index (κ2) is 6.59. The summed E-state index contributed by atoms with van der Waals surface area (Å²) >= 11 is 0. The molecule has 26 heavy (non-hydrogen) atoms. The summed E-state index contributed by atoms with van der Waals surface area (Å²) in [6, 6.07) is 5.58. The zero-order valence-electron chi connectivity index (χ0n) is 15.7. The van der Waals surface area contributed by atoms with Crippen molar-refractivity contribution in [1.29, 1.82) is 0 Å². The van der Waals surface area contributed by atoms with Gasteiger partial charge in [0.25, 0.3) is 0 Å². The number of ketones is 1. The maximum absolute atomic E-state index is 12.2. The van der Waals surface area contributed by atoms with Crippen molar-refractivity contribution in [3.05, 3.63) is 30.0 Å². The van der Waals surface area contributed by atoms with Crippen molar-refractivity contribution < 1.29 is 19.1 Å². The monoisotopic (exact) mass is 356 g/mol. The van der Waals surface area contributed by atoms with Crippen LogP contribution >= 0.6 is 0 Å². The highest BCUT2D eigenvalue weighted by atomic mass is 16.6. The molecule has 1 saturated heterocycles. The SMILES string of the molecule is CC(=O)c1cn(CC(=O)OC(C)(C)C)c2ccc(N3CCCC3=O)cc12. The highest BCUT2D eigenvalue weighted by molar-refractivity contribution is 6.08. The van der Waals surface area contributed by atoms with E-state index in [-0.39, 0.29) is 24.2 Å². The lowest BCUT2D eigenvalue weighted by Gasteiger charge is -2.20. The van der Waals surface area contributed by atoms with Crippen molar-refractivity contribution >= 4 is 34.3 Å². The van der Waals surface area contributed by atoms with Crippen molar-refractivity contribution in [2.45, 2.75) is 52.7 Å². The van der Waals surface area contributed by atoms with E-state index in [0.29, 0.717) is 18.5 Å². The summed E-state index contributed by atoms with van der Waals surface area (Å²) in [6.07, 6.45) is 3.08. The molecule has 1 fully saturated rings. The summed E-state index contributed by atoms with van der Waals surface area (Å²) in [5.74, 6) is -0.340. The van der Waals surface area contributed by atoms with E-state index < -0.39 is 5.60 Å². The third-order valence-corrected chi connectivity index (χ3v) is 4.35. The number of carbonyl (C=O) groups excluding carboxylic acids is 3. The molecule has 6 heteroatoms. The number of anilines is 1. The van der Waals surface area contributed by atoms with Crippen LogP contribution < -0.4 is 4.90 Å². The second-order valence-corrected chi connectivity index (χ2v) is 7.66. The summed E-state index contributed by atoms with van der Waals surface area (Å²) in [5.41, 5.74) is 1.54. The highest BCUT2D eigenvalue weighted by Gasteiger charge is 2.24. The zero-order chi connectivity index (χ0) is 19.1. The third kappa shape index (κ3) is 3.64. The van der Waals surface area contributed by atoms with Crippen LogP contribution in [-0.4, -0.2) is 34.4 Å². The fraction of sp³-hybridized carbons (Fsp3) is 0.450. The van der Waals surface area contributed by atoms with Gasteiger partial charge in [0.2, 0.25) is 5.91 Å². The molecule has 2 aromatic rings. The van der Waals surface area contributed by atoms with Gasteiger partial charge in [-0.3, -0.25) is 14.4 Å². The number of ether oxygens (including phenoxy) is 1. The summed E-state index contributed by atoms with van der Waals surface area (Å²) in [7, 11) is 0. The van der Waals surface area contributed by atoms with Gasteiger partial charge in [0, 0.05) is 41.3 Å². The Morgan fingerprint density at radius 3 is 2.54 bits per heavy atom. The van der Waals surface area contributed by atoms with E-state index in [9.17, 15) is 14.4 Å². The topological polar surface area (TPSA) is 68.6 Å². The maximum atomic E-state index is 12.2. The van der Waals surface area contributed by atoms with Crippen LogP contribution in [0, 0.1) is 0 Å². The minimum absolute atomic E-state index is 0.0308. The molecule has 3 rings (SSSR count). The molecule has 1 aromatic carbocycles. The molecule has 138 valence electrons. The molecule has 0 saturated carbocycles. The molecule has 6 nitrogen and oxygen atoms in total. The Labute approximate surface area is 152 Å². The van der Waals surface area contributed by atoms with Crippen molar-refractivity contribution in [3.63, 3.8) is 0 Å². The van der Waals surface area contributed by atoms with E-state index in [1.165, 1.54) is 6.92 Å². The molecule has 1 aromatic heterocycles. The van der Waals surface area contributed by atoms with E-state index in [1.807, 2.05) is 39.0 Å². The molecule has 0 bridgehead atoms. The van der Waals surface area contributed by atoms with Gasteiger partial charge in [-0.05, 0) is 52.3 Å². The van der Waals surface area contributed by atoms with Crippen molar-refractivity contribution in [2.75, 3.05) is 11.4 Å². The fourth-order valence-corrected chi connectivity index (χ4v) is 3.30. The number of rotatable bonds is 4. The fourth-order valence-electron chi connectivity index (χ4n) is 3.30. The van der Waals surface area contributed by atoms with Gasteiger partial charge in [-0.2, -0.15) is 0 Å². The summed E-state index contributed by atoms with van der Waals surface area (Å²) < 4.78 is 7.11. The molecule has 0 unspecified atom stereocenters. The van der Waals surface area contributed by atoms with E-state index in [0.717, 1.165) is 23.0 Å². The Morgan fingerprint density at radius 1 is 1.23 bits per heavy atom. The number of nitrogens with zero attached hydrogens (tertiary/aromatic N) is 2. The number of hydrogen-bond donors (Lipinski definition) is 0. The third-order valence-electron chi connectivity index (χ3n) is 4.35. The first-order valence-electron chi connectivity index (χ1n) is 8.82. The van der Waals surface area contributed by atoms with Gasteiger partial charge in [-0.25, -0.2) is 0 Å². The number of benzene rings is 1. The second-order valence-electron chi connectivity index (χ2n) is 7.66. The van der Waals surface area contributed by atoms with E-state index in [1.54, 1.807) is 15.7 Å². The number of fused-ring (bicyclic) bond motifs is 1. The van der Waals surface area contributed by atoms with Crippen LogP contribution in [0.3, 0.4) is 0 Å². The first kappa shape index (κ1) is 18.2. The summed E-state index contributed by atoms with van der Waals surface area (Å²) in [4.78, 5) is 38.0. The number of carbonyl (C=O) groups is 3. The van der Waals surface area contributed by atoms with Crippen LogP contribution in [0.1, 0.15) is 50.9 Å². The van der Waals surface area contributed by atoms with Gasteiger partial charge in [0.1, 0.15) is 12.1 Å². The van der Waals surface area contributed by atoms with Gasteiger partial charge in [-0.1, -0.05) is 0 Å². The van der Waals surface area contributed by atoms with Gasteiger partial charge in [0.15, 0.2) is 5.78 Å². The quantitative estimate of drug-likeness (QED) is 0.622. The molecule has 1 amide bonds. The van der Waals surface area contributed by atoms with Crippen molar-refractivity contribution in [2.24, 2.45) is 0 Å². The smallest absolute Gasteiger partial charge is 0.326 e. The Balaban J connectivity index is 1.99. The molecule has 2 heterocycles. The van der Waals surface area contributed by atoms with Crippen LogP contribution in [0.5, 0.6) is 0 Å². The standard InChI is InChI=1S/C20H24N2O4/c1-13(23)16-11-21(12-19(25)26-20(2,3)4)17-8-7-14(10-15(16)17)22-9-5-6-18(22)24/h7-8,10-11H,5-6,9,12H2,1-4H3. The van der Waals surface area contributed by atoms with Crippen LogP contribution in [0.25, 0.3) is 10.9 Å². The van der Waals surface area contributed by atoms with Crippen LogP contribution in [0.2, 0.25) is 0 Å². The zero-order valence-corrected chi connectivity index (χ0v) is 15.7. The van der Waals surface area contributed by atoms with Crippen molar-refractivity contribution in [1.82, 2.24) is 4.57 Å². The predicted molar refractivity (Wildman–Crippen MR) is 99.4 cm³/mol. The minimum atomic E-state index is -0.563. The molecule has 0 aliphatic carbocycles. The Morgan fingerprint density at radius 2 is 1.96 bits per heavy atom. The molecule has 0 radical (unpaired) electrons. The predicted octanol–water partition coefficient (Wildman–Crippen LogP) is 3.31. The van der Waals surface area contributed by atoms with Gasteiger partial charge < -0.3 is 14.2 Å². The summed E-state index contributed by atoms with van der Waals surface area (Å²) in [5, 5.41) is 0.748. The van der Waals surface area contributed by atoms with Crippen LogP contribution in [0.4, 0.5) is 5.69 Å². The minimum Gasteiger partial charge on any atom is -0.459 e. The maximum Gasteiger partial charge on any atom is 0.326 e. The Kier molecular flexibility index (Phi) is 4.61. The van der Waals surface area contributed by atoms with Crippen LogP contribution in [0.15, 0.2) is 24.4 Å². The lowest BCUT2D eigenvalue weighted by atomic mass is 10.1. The molecular formula is C20H24N2O4. The van der Waals surface area contributed by atoms with Gasteiger partial charge >= 0.3 is 5.97 Å². The normalized spacial score (nSPS) is 14.9. The van der Waals surface area contributed by atoms with E-state index >= 15 is 0 Å². The first-order chi connectivity index (χ1) is 12.2. The molecule has 0 atom stereocenters. The Bertz CT molecular complexity index is 889. The number of esters is 1. The molecule has 1 aliphatic rings. The number of aromatic nitrogens is 1. The Hall–Kier alpha value is -2.63. The summed E-state index contributed by atoms with van der Waals surface area (Å²) in [6.45, 7) is 7.68. The van der Waals surface area contributed by atoms with E-state index in [4.69, 9.17) is 4.74 Å². The van der Waals surface area contributed by atoms with Crippen LogP contribution in [-0.2, 0) is 20.9 Å². The number of amides is 1. The molecule has 1 aliphatic heterocycles. The van der Waals surface area contributed by atoms with Gasteiger partial charge in [-0.15, -0.1) is 0 Å². The molecule has 0 N–H and O–H groups in total. The van der Waals surface area contributed by atoms with Gasteiger partial charge in [0.05, 0.1) is 0 Å². The average Bonchev–Trinajstić information content (AvgIpc) is 3.09. The average molecular weight is 356 g/mol. The number of Topliss-reactive ketones (excluding diaryl/α,β-unsaturated/α-hetero) is 1. The molecular weight excluding hydrogens is 332 g/mol. The van der Waals surface area contributed by atoms with Crippen molar-refractivity contribution in [3.8, 4) is 0 Å². The van der Waals surface area contributed by atoms with E-state index in [2.05, 4.69) is 0 Å². The lowest BCUT2D eigenvalue weighted by Crippen LogP contribution is -2.26. The lowest BCUT2D eigenvalue weighted by molar-refractivity contribution is -0.155. The molecule has 0 spiro atoms. The largest absolute Gasteiger partial charge is 0.459 e. The number of hydrogen-bond acceptors (Lipinski definition) is 4. The first-order valence-corrected chi connectivity index (χ1v) is 8.82. The highest BCUT2D eigenvalue weighted by Crippen LogP contribution is 2.29.